The molecular weight excluding hydrogens is 358 g/mol. The maximum Gasteiger partial charge on any atom is 0.276 e. The molecule has 0 fully saturated rings. The van der Waals surface area contributed by atoms with E-state index < -0.39 is 5.91 Å². The molecule has 28 heavy (non-hydrogen) atoms. The molecule has 0 bridgehead atoms. The molecule has 9 heteroatoms. The van der Waals surface area contributed by atoms with Gasteiger partial charge in [0.25, 0.3) is 5.91 Å². The van der Waals surface area contributed by atoms with Crippen molar-refractivity contribution in [2.75, 3.05) is 5.32 Å². The van der Waals surface area contributed by atoms with Crippen molar-refractivity contribution in [3.63, 3.8) is 0 Å². The molecule has 0 spiro atoms. The highest BCUT2D eigenvalue weighted by Crippen LogP contribution is 2.20. The molecular formula is C19H23N7O2. The zero-order valence-electron chi connectivity index (χ0n) is 16.1. The van der Waals surface area contributed by atoms with Gasteiger partial charge in [0.1, 0.15) is 11.2 Å². The number of imidazole rings is 1. The Morgan fingerprint density at radius 1 is 1.25 bits per heavy atom. The van der Waals surface area contributed by atoms with Crippen LogP contribution in [0, 0.1) is 6.92 Å². The molecule has 3 N–H and O–H groups in total. The summed E-state index contributed by atoms with van der Waals surface area (Å²) in [6.07, 6.45) is 6.29. The topological polar surface area (TPSA) is 121 Å². The first-order valence-corrected chi connectivity index (χ1v) is 9.11. The lowest BCUT2D eigenvalue weighted by atomic mass is 10.2. The number of aromatic nitrogens is 5. The number of nitrogens with one attached hydrogen (secondary N) is 1. The fraction of sp³-hybridized carbons (Fsp3) is 0.316. The number of hydrogen-bond acceptors (Lipinski definition) is 5. The molecule has 0 saturated heterocycles. The van der Waals surface area contributed by atoms with E-state index in [1.54, 1.807) is 21.4 Å². The van der Waals surface area contributed by atoms with E-state index in [0.717, 1.165) is 12.1 Å². The second kappa shape index (κ2) is 8.03. The van der Waals surface area contributed by atoms with Crippen molar-refractivity contribution in [1.29, 1.82) is 0 Å². The number of rotatable bonds is 7. The van der Waals surface area contributed by atoms with E-state index in [4.69, 9.17) is 5.73 Å². The van der Waals surface area contributed by atoms with Crippen LogP contribution in [-0.4, -0.2) is 36.1 Å². The molecule has 3 rings (SSSR count). The third-order valence-corrected chi connectivity index (χ3v) is 4.22. The average molecular weight is 381 g/mol. The maximum atomic E-state index is 12.8. The second-order valence-corrected chi connectivity index (χ2v) is 6.30. The number of pyridine rings is 1. The fourth-order valence-corrected chi connectivity index (χ4v) is 2.90. The number of carbonyl (C=O) groups is 2. The van der Waals surface area contributed by atoms with Crippen LogP contribution in [-0.2, 0) is 13.1 Å². The molecule has 2 amide bonds. The van der Waals surface area contributed by atoms with E-state index in [1.807, 2.05) is 32.9 Å². The van der Waals surface area contributed by atoms with Crippen LogP contribution in [0.3, 0.4) is 0 Å². The molecule has 0 saturated carbocycles. The molecule has 146 valence electrons. The van der Waals surface area contributed by atoms with E-state index in [1.165, 1.54) is 6.20 Å². The Morgan fingerprint density at radius 2 is 2.04 bits per heavy atom. The van der Waals surface area contributed by atoms with Crippen LogP contribution in [0.4, 0.5) is 5.95 Å². The van der Waals surface area contributed by atoms with Gasteiger partial charge in [-0.2, -0.15) is 5.10 Å². The Morgan fingerprint density at radius 3 is 2.71 bits per heavy atom. The van der Waals surface area contributed by atoms with Gasteiger partial charge in [-0.05, 0) is 32.4 Å². The Kier molecular flexibility index (Phi) is 5.53. The predicted molar refractivity (Wildman–Crippen MR) is 106 cm³/mol. The quantitative estimate of drug-likeness (QED) is 0.608. The first-order chi connectivity index (χ1) is 13.4. The van der Waals surface area contributed by atoms with Gasteiger partial charge in [0.15, 0.2) is 5.65 Å². The van der Waals surface area contributed by atoms with Gasteiger partial charge in [0.2, 0.25) is 11.9 Å². The molecule has 0 aliphatic heterocycles. The van der Waals surface area contributed by atoms with E-state index in [-0.39, 0.29) is 11.5 Å². The number of primary amides is 1. The van der Waals surface area contributed by atoms with Gasteiger partial charge in [-0.25, -0.2) is 9.97 Å². The summed E-state index contributed by atoms with van der Waals surface area (Å²) in [6, 6.07) is 3.30. The van der Waals surface area contributed by atoms with Crippen LogP contribution in [0.15, 0.2) is 30.5 Å². The van der Waals surface area contributed by atoms with Crippen molar-refractivity contribution in [2.24, 2.45) is 5.73 Å². The van der Waals surface area contributed by atoms with Gasteiger partial charge < -0.3 is 5.73 Å². The zero-order valence-corrected chi connectivity index (χ0v) is 16.1. The van der Waals surface area contributed by atoms with Gasteiger partial charge >= 0.3 is 0 Å². The molecule has 0 aromatic carbocycles. The maximum absolute atomic E-state index is 12.8. The summed E-state index contributed by atoms with van der Waals surface area (Å²) < 4.78 is 3.42. The molecule has 3 aromatic rings. The molecule has 0 atom stereocenters. The molecule has 0 unspecified atom stereocenters. The number of hydrogen-bond donors (Lipinski definition) is 2. The lowest BCUT2D eigenvalue weighted by Gasteiger charge is -2.08. The Labute approximate surface area is 162 Å². The van der Waals surface area contributed by atoms with Crippen LogP contribution in [0.1, 0.15) is 46.8 Å². The number of fused-ring (bicyclic) bond motifs is 1. The summed E-state index contributed by atoms with van der Waals surface area (Å²) in [5.41, 5.74) is 7.85. The highest BCUT2D eigenvalue weighted by atomic mass is 16.2. The van der Waals surface area contributed by atoms with Gasteiger partial charge in [-0.1, -0.05) is 19.1 Å². The summed E-state index contributed by atoms with van der Waals surface area (Å²) in [7, 11) is 0. The summed E-state index contributed by atoms with van der Waals surface area (Å²) in [5, 5.41) is 7.14. The minimum atomic E-state index is -0.581. The number of carbonyl (C=O) groups excluding carboxylic acids is 2. The monoisotopic (exact) mass is 381 g/mol. The Bertz CT molecular complexity index is 1060. The van der Waals surface area contributed by atoms with Crippen LogP contribution >= 0.6 is 0 Å². The third-order valence-electron chi connectivity index (χ3n) is 4.22. The van der Waals surface area contributed by atoms with Crippen LogP contribution in [0.5, 0.6) is 0 Å². The van der Waals surface area contributed by atoms with E-state index in [9.17, 15) is 9.59 Å². The van der Waals surface area contributed by atoms with Gasteiger partial charge in [0.05, 0.1) is 11.3 Å². The lowest BCUT2D eigenvalue weighted by molar-refractivity contribution is 0.0995. The van der Waals surface area contributed by atoms with E-state index >= 15 is 0 Å². The highest BCUT2D eigenvalue weighted by Gasteiger charge is 2.19. The predicted octanol–water partition coefficient (Wildman–Crippen LogP) is 2.27. The Balaban J connectivity index is 2.02. The zero-order chi connectivity index (χ0) is 20.3. The number of amides is 2. The summed E-state index contributed by atoms with van der Waals surface area (Å²) >= 11 is 0. The largest absolute Gasteiger partial charge is 0.366 e. The smallest absolute Gasteiger partial charge is 0.276 e. The van der Waals surface area contributed by atoms with Crippen molar-refractivity contribution in [3.05, 3.63) is 47.4 Å². The SMILES string of the molecule is CC/C=C/Cn1c(NC(=O)c2cc(C)nn2CC)nc2cc(C(N)=O)cnc21. The van der Waals surface area contributed by atoms with Gasteiger partial charge in [0, 0.05) is 19.3 Å². The minimum Gasteiger partial charge on any atom is -0.366 e. The number of aryl methyl sites for hydroxylation is 2. The molecule has 0 aliphatic rings. The summed E-state index contributed by atoms with van der Waals surface area (Å²) in [5.74, 6) is -0.548. The number of anilines is 1. The first-order valence-electron chi connectivity index (χ1n) is 9.11. The Hall–Kier alpha value is -3.49. The van der Waals surface area contributed by atoms with Gasteiger partial charge in [-0.3, -0.25) is 24.2 Å². The van der Waals surface area contributed by atoms with Crippen LogP contribution < -0.4 is 11.1 Å². The summed E-state index contributed by atoms with van der Waals surface area (Å²) in [4.78, 5) is 33.0. The summed E-state index contributed by atoms with van der Waals surface area (Å²) in [6.45, 7) is 6.85. The number of nitrogens with two attached hydrogens (primary N) is 1. The lowest BCUT2D eigenvalue weighted by Crippen LogP contribution is -2.20. The second-order valence-electron chi connectivity index (χ2n) is 6.30. The third kappa shape index (κ3) is 3.78. The first kappa shape index (κ1) is 19.3. The van der Waals surface area contributed by atoms with Gasteiger partial charge in [-0.15, -0.1) is 0 Å². The van der Waals surface area contributed by atoms with Crippen LogP contribution in [0.25, 0.3) is 11.2 Å². The molecule has 0 aliphatic carbocycles. The molecule has 9 nitrogen and oxygen atoms in total. The highest BCUT2D eigenvalue weighted by molar-refractivity contribution is 6.03. The molecule has 3 heterocycles. The van der Waals surface area contributed by atoms with E-state index in [0.29, 0.717) is 35.9 Å². The normalized spacial score (nSPS) is 11.4. The van der Waals surface area contributed by atoms with Crippen molar-refractivity contribution < 1.29 is 9.59 Å². The molecule has 0 radical (unpaired) electrons. The number of nitrogens with zero attached hydrogens (tertiary/aromatic N) is 5. The molecule has 3 aromatic heterocycles. The van der Waals surface area contributed by atoms with Crippen LogP contribution in [0.2, 0.25) is 0 Å². The van der Waals surface area contributed by atoms with Crippen molar-refractivity contribution >= 4 is 28.9 Å². The van der Waals surface area contributed by atoms with E-state index in [2.05, 4.69) is 20.4 Å². The fourth-order valence-electron chi connectivity index (χ4n) is 2.90. The average Bonchev–Trinajstić information content (AvgIpc) is 3.21. The standard InChI is InChI=1S/C19H23N7O2/c1-4-6-7-8-25-17-14(10-13(11-21-17)16(20)27)22-19(25)23-18(28)15-9-12(3)24-26(15)5-2/h6-7,9-11H,4-5,8H2,1-3H3,(H2,20,27)(H,22,23,28)/b7-6+. The number of allylic oxidation sites excluding steroid dienone is 2. The van der Waals surface area contributed by atoms with Crippen molar-refractivity contribution in [2.45, 2.75) is 40.3 Å². The minimum absolute atomic E-state index is 0.263. The van der Waals surface area contributed by atoms with Crippen molar-refractivity contribution in [3.8, 4) is 0 Å². The van der Waals surface area contributed by atoms with Crippen molar-refractivity contribution in [1.82, 2.24) is 24.3 Å².